The number of aliphatic hydroxyl groups excluding tert-OH is 1. The molecule has 7 N–H and O–H groups in total. The predicted molar refractivity (Wildman–Crippen MR) is 64.9 cm³/mol. The second-order valence-corrected chi connectivity index (χ2v) is 3.95. The topological polar surface area (TPSA) is 213 Å². The first-order valence-electron chi connectivity index (χ1n) is 5.63. The molecule has 0 spiro atoms. The second-order valence-electron chi connectivity index (χ2n) is 3.95. The van der Waals surface area contributed by atoms with Crippen molar-refractivity contribution in [3.05, 3.63) is 0 Å². The Hall–Kier alpha value is -2.28. The standard InChI is InChI=1S/C6H8O7.C4H9NO4/c7-3(8)1-6(13,5(11)12)2-4(9)10;1-2-5(9)3(6)4(7)8/h13H,1-2H2,(H,7,8)(H,9,10)(H,11,12);3,6,9H,2H2,1H3,(H,7,8). The Morgan fingerprint density at radius 3 is 1.50 bits per heavy atom. The van der Waals surface area contributed by atoms with Crippen LogP contribution in [0.2, 0.25) is 0 Å². The first-order valence-corrected chi connectivity index (χ1v) is 5.63. The van der Waals surface area contributed by atoms with Gasteiger partial charge in [0.2, 0.25) is 6.23 Å². The molecule has 0 rings (SSSR count). The summed E-state index contributed by atoms with van der Waals surface area (Å²) < 4.78 is 0. The minimum Gasteiger partial charge on any atom is -0.481 e. The zero-order valence-electron chi connectivity index (χ0n) is 11.4. The highest BCUT2D eigenvalue weighted by atomic mass is 16.5. The number of hydrogen-bond acceptors (Lipinski definition) is 8. The van der Waals surface area contributed by atoms with Crippen molar-refractivity contribution in [1.82, 2.24) is 5.06 Å². The summed E-state index contributed by atoms with van der Waals surface area (Å²) in [7, 11) is 0. The Kier molecular flexibility index (Phi) is 9.62. The van der Waals surface area contributed by atoms with E-state index in [-0.39, 0.29) is 6.54 Å². The molecule has 0 saturated carbocycles. The van der Waals surface area contributed by atoms with E-state index >= 15 is 0 Å². The Bertz CT molecular complexity index is 405. The van der Waals surface area contributed by atoms with E-state index in [1.54, 1.807) is 0 Å². The van der Waals surface area contributed by atoms with Gasteiger partial charge < -0.3 is 35.8 Å². The summed E-state index contributed by atoms with van der Waals surface area (Å²) in [6, 6.07) is 0. The fourth-order valence-electron chi connectivity index (χ4n) is 1.01. The van der Waals surface area contributed by atoms with Gasteiger partial charge in [-0.25, -0.2) is 9.59 Å². The molecule has 12 heteroatoms. The molecule has 0 aliphatic carbocycles. The molecular formula is C10H17NO11. The van der Waals surface area contributed by atoms with E-state index in [0.29, 0.717) is 5.06 Å². The third-order valence-corrected chi connectivity index (χ3v) is 2.11. The van der Waals surface area contributed by atoms with Crippen LogP contribution in [0.25, 0.3) is 0 Å². The molecular weight excluding hydrogens is 310 g/mol. The fraction of sp³-hybridized carbons (Fsp3) is 0.600. The number of likely N-dealkylation sites (N-methyl/N-ethyl adjacent to an activating group) is 1. The molecule has 128 valence electrons. The quantitative estimate of drug-likeness (QED) is 0.188. The molecule has 1 unspecified atom stereocenters. The van der Waals surface area contributed by atoms with Crippen LogP contribution in [-0.2, 0) is 19.2 Å². The largest absolute Gasteiger partial charge is 0.481 e. The third kappa shape index (κ3) is 8.80. The maximum absolute atomic E-state index is 10.3. The lowest BCUT2D eigenvalue weighted by Crippen LogP contribution is -2.42. The normalized spacial score (nSPS) is 12.0. The number of hydroxylamine groups is 2. The summed E-state index contributed by atoms with van der Waals surface area (Å²) >= 11 is 0. The minimum atomic E-state index is -2.74. The number of carboxylic acid groups (broad SMARTS) is 4. The smallest absolute Gasteiger partial charge is 0.350 e. The monoisotopic (exact) mass is 327 g/mol. The molecule has 0 aromatic heterocycles. The molecule has 0 fully saturated rings. The molecule has 0 saturated heterocycles. The van der Waals surface area contributed by atoms with Crippen molar-refractivity contribution in [3.8, 4) is 0 Å². The van der Waals surface area contributed by atoms with Gasteiger partial charge in [-0.3, -0.25) is 9.59 Å². The Labute approximate surface area is 123 Å². The number of rotatable bonds is 8. The zero-order valence-corrected chi connectivity index (χ0v) is 11.4. The highest BCUT2D eigenvalue weighted by Crippen LogP contribution is 2.15. The molecule has 1 atom stereocenters. The number of aliphatic hydroxyl groups is 2. The maximum Gasteiger partial charge on any atom is 0.350 e. The summed E-state index contributed by atoms with van der Waals surface area (Å²) in [6.45, 7) is 1.60. The molecule has 0 heterocycles. The Morgan fingerprint density at radius 2 is 1.36 bits per heavy atom. The minimum absolute atomic E-state index is 0.0769. The van der Waals surface area contributed by atoms with Crippen molar-refractivity contribution in [3.63, 3.8) is 0 Å². The van der Waals surface area contributed by atoms with Crippen molar-refractivity contribution in [1.29, 1.82) is 0 Å². The fourth-order valence-corrected chi connectivity index (χ4v) is 1.01. The van der Waals surface area contributed by atoms with Gasteiger partial charge in [0.05, 0.1) is 12.8 Å². The van der Waals surface area contributed by atoms with Crippen LogP contribution in [-0.4, -0.2) is 83.2 Å². The van der Waals surface area contributed by atoms with Gasteiger partial charge in [0.25, 0.3) is 0 Å². The van der Waals surface area contributed by atoms with Crippen LogP contribution in [0.3, 0.4) is 0 Å². The van der Waals surface area contributed by atoms with Crippen LogP contribution < -0.4 is 0 Å². The van der Waals surface area contributed by atoms with Crippen molar-refractivity contribution in [2.75, 3.05) is 6.54 Å². The van der Waals surface area contributed by atoms with Crippen molar-refractivity contribution in [2.45, 2.75) is 31.6 Å². The van der Waals surface area contributed by atoms with Gasteiger partial charge >= 0.3 is 23.9 Å². The predicted octanol–water partition coefficient (Wildman–Crippen LogP) is -2.15. The number of aliphatic carboxylic acids is 4. The van der Waals surface area contributed by atoms with E-state index in [9.17, 15) is 19.2 Å². The van der Waals surface area contributed by atoms with Gasteiger partial charge in [0, 0.05) is 6.54 Å². The van der Waals surface area contributed by atoms with Crippen LogP contribution in [0.4, 0.5) is 0 Å². The van der Waals surface area contributed by atoms with E-state index in [2.05, 4.69) is 0 Å². The summed E-state index contributed by atoms with van der Waals surface area (Å²) in [5, 5.41) is 59.1. The molecule has 0 amide bonds. The molecule has 0 aromatic carbocycles. The van der Waals surface area contributed by atoms with E-state index in [1.165, 1.54) is 6.92 Å². The van der Waals surface area contributed by atoms with Crippen molar-refractivity contribution >= 4 is 23.9 Å². The number of carboxylic acids is 4. The van der Waals surface area contributed by atoms with Gasteiger partial charge in [0.1, 0.15) is 0 Å². The lowest BCUT2D eigenvalue weighted by atomic mass is 9.96. The zero-order chi connectivity index (χ0) is 18.1. The molecule has 0 bridgehead atoms. The van der Waals surface area contributed by atoms with Crippen LogP contribution in [0.1, 0.15) is 19.8 Å². The van der Waals surface area contributed by atoms with Gasteiger partial charge in [-0.1, -0.05) is 0 Å². The highest BCUT2D eigenvalue weighted by Gasteiger charge is 2.40. The van der Waals surface area contributed by atoms with Gasteiger partial charge in [-0.05, 0) is 6.92 Å². The first-order chi connectivity index (χ1) is 9.87. The number of hydrogen-bond donors (Lipinski definition) is 7. The van der Waals surface area contributed by atoms with E-state index in [0.717, 1.165) is 0 Å². The van der Waals surface area contributed by atoms with E-state index in [4.69, 9.17) is 35.8 Å². The van der Waals surface area contributed by atoms with Crippen LogP contribution in [0.5, 0.6) is 0 Å². The van der Waals surface area contributed by atoms with E-state index < -0.39 is 48.5 Å². The first kappa shape index (κ1) is 22.0. The van der Waals surface area contributed by atoms with Gasteiger partial charge in [-0.2, -0.15) is 5.06 Å². The van der Waals surface area contributed by atoms with Crippen LogP contribution in [0, 0.1) is 0 Å². The van der Waals surface area contributed by atoms with Gasteiger partial charge in [-0.15, -0.1) is 0 Å². The number of carbonyl (C=O) groups is 4. The molecule has 0 aliphatic heterocycles. The molecule has 0 aromatic rings. The van der Waals surface area contributed by atoms with Crippen LogP contribution >= 0.6 is 0 Å². The Morgan fingerprint density at radius 1 is 1.00 bits per heavy atom. The summed E-state index contributed by atoms with van der Waals surface area (Å²) in [4.78, 5) is 40.3. The summed E-state index contributed by atoms with van der Waals surface area (Å²) in [5.41, 5.74) is -2.74. The third-order valence-electron chi connectivity index (χ3n) is 2.11. The van der Waals surface area contributed by atoms with Crippen molar-refractivity contribution < 1.29 is 55.0 Å². The average Bonchev–Trinajstić information content (AvgIpc) is 2.35. The summed E-state index contributed by atoms with van der Waals surface area (Å²) in [6.07, 6.45) is -4.10. The molecule has 0 radical (unpaired) electrons. The average molecular weight is 327 g/mol. The Balaban J connectivity index is 0. The molecule has 0 aliphatic rings. The van der Waals surface area contributed by atoms with Crippen LogP contribution in [0.15, 0.2) is 0 Å². The highest BCUT2D eigenvalue weighted by molar-refractivity contribution is 5.88. The van der Waals surface area contributed by atoms with Crippen molar-refractivity contribution in [2.24, 2.45) is 0 Å². The lowest BCUT2D eigenvalue weighted by Gasteiger charge is -2.18. The lowest BCUT2D eigenvalue weighted by molar-refractivity contribution is -0.209. The summed E-state index contributed by atoms with van der Waals surface area (Å²) in [5.74, 6) is -6.48. The second kappa shape index (κ2) is 9.62. The van der Waals surface area contributed by atoms with Gasteiger partial charge in [0.15, 0.2) is 5.60 Å². The molecule has 12 nitrogen and oxygen atoms in total. The SMILES string of the molecule is CCN(O)C(O)C(=O)O.O=C(O)CC(O)(CC(=O)O)C(=O)O. The molecule has 22 heavy (non-hydrogen) atoms. The van der Waals surface area contributed by atoms with E-state index in [1.807, 2.05) is 0 Å². The maximum atomic E-state index is 10.3. The number of nitrogens with zero attached hydrogens (tertiary/aromatic N) is 1.